The third kappa shape index (κ3) is 4.05. The van der Waals surface area contributed by atoms with E-state index < -0.39 is 58.0 Å². The van der Waals surface area contributed by atoms with Crippen LogP contribution in [-0.4, -0.2) is 68.5 Å². The average Bonchev–Trinajstić information content (AvgIpc) is 2.76. The molecule has 5 rings (SSSR count). The maximum atomic E-state index is 13.8. The van der Waals surface area contributed by atoms with Crippen molar-refractivity contribution >= 4 is 34.0 Å². The van der Waals surface area contributed by atoms with Crippen LogP contribution in [-0.2, 0) is 74.6 Å². The number of amides is 1. The largest absolute Gasteiger partial charge is 0.528 e. The van der Waals surface area contributed by atoms with Gasteiger partial charge in [0.25, 0.3) is 5.91 Å². The van der Waals surface area contributed by atoms with Gasteiger partial charge in [-0.25, -0.2) is 29.1 Å². The Kier molecular flexibility index (Phi) is 8.27. The summed E-state index contributed by atoms with van der Waals surface area (Å²) in [7, 11) is 3.12. The van der Waals surface area contributed by atoms with E-state index >= 15 is 0 Å². The quantitative estimate of drug-likeness (QED) is 0.226. The zero-order valence-corrected chi connectivity index (χ0v) is 27.0. The Morgan fingerprint density at radius 1 is 1.16 bits per heavy atom. The van der Waals surface area contributed by atoms with E-state index in [1.54, 1.807) is 20.2 Å². The third-order valence-electron chi connectivity index (χ3n) is 7.77. The fraction of sp³-hybridized carbons (Fsp3) is 0.370. The number of nitrogens with zero attached hydrogens (tertiary/aromatic N) is 1. The van der Waals surface area contributed by atoms with Gasteiger partial charge in [-0.1, -0.05) is 13.8 Å². The van der Waals surface area contributed by atoms with Crippen molar-refractivity contribution in [2.24, 2.45) is 17.6 Å². The van der Waals surface area contributed by atoms with Crippen LogP contribution in [0, 0.1) is 37.8 Å². The fourth-order valence-electron chi connectivity index (χ4n) is 6.26. The van der Waals surface area contributed by atoms with Crippen LogP contribution in [0.4, 0.5) is 0 Å². The Hall–Kier alpha value is -1.90. The van der Waals surface area contributed by atoms with E-state index in [9.17, 15) is 34.8 Å². The molecule has 0 bridgehead atoms. The van der Waals surface area contributed by atoms with Gasteiger partial charge in [-0.2, -0.15) is 10.9 Å². The normalized spacial score (nSPS) is 26.4. The number of aliphatic hydroxyl groups is 3. The van der Waals surface area contributed by atoms with Crippen molar-refractivity contribution in [2.45, 2.75) is 38.3 Å². The van der Waals surface area contributed by atoms with Gasteiger partial charge in [0.2, 0.25) is 5.78 Å². The molecule has 1 amide bonds. The van der Waals surface area contributed by atoms with Gasteiger partial charge in [0.05, 0.1) is 11.8 Å². The summed E-state index contributed by atoms with van der Waals surface area (Å²) in [6.45, 7) is 3.66. The predicted octanol–water partition coefficient (Wildman–Crippen LogP) is 1.33. The Bertz CT molecular complexity index is 1480. The molecule has 9 nitrogen and oxygen atoms in total. The average molecular weight is 763 g/mol. The topological polar surface area (TPSA) is 161 Å². The van der Waals surface area contributed by atoms with Crippen LogP contribution in [0.5, 0.6) is 5.75 Å². The van der Waals surface area contributed by atoms with E-state index in [1.165, 1.54) is 4.90 Å². The molecule has 1 fully saturated rings. The number of hydrogen-bond donors (Lipinski definition) is 5. The number of ketones is 2. The number of aryl methyl sites for hydroxylation is 2. The number of aromatic hydroxyl groups is 1. The molecule has 1 radical (unpaired) electrons. The molecule has 0 aliphatic heterocycles. The first-order valence-electron chi connectivity index (χ1n) is 11.6. The number of carbonyl (C=O) groups is 3. The number of carbonyl (C=O) groups excluding carboxylic acids is 3. The van der Waals surface area contributed by atoms with Gasteiger partial charge in [0.15, 0.2) is 11.4 Å². The number of benzene rings is 2. The molecular weight excluding hydrogens is 737 g/mol. The van der Waals surface area contributed by atoms with Crippen LogP contribution < -0.4 is 5.73 Å². The molecule has 0 heterocycles. The number of phenolic OH excluding ortho intramolecular Hbond substituents is 1. The number of hydrogen-bond acceptors (Lipinski definition) is 8. The second-order valence-corrected chi connectivity index (χ2v) is 10.2. The maximum Gasteiger partial charge on any atom is 0.255 e. The molecule has 2 aromatic rings. The summed E-state index contributed by atoms with van der Waals surface area (Å²) in [5.41, 5.74) is 3.74. The summed E-state index contributed by atoms with van der Waals surface area (Å²) in [4.78, 5) is 40.5. The molecular formula is C27H26N2O7WY-2. The van der Waals surface area contributed by atoms with Crippen LogP contribution in [0.1, 0.15) is 28.7 Å². The van der Waals surface area contributed by atoms with Gasteiger partial charge >= 0.3 is 0 Å². The molecule has 0 aromatic heterocycles. The third-order valence-corrected chi connectivity index (χ3v) is 7.77. The molecule has 3 aliphatic rings. The van der Waals surface area contributed by atoms with Gasteiger partial charge in [-0.05, 0) is 38.4 Å². The zero-order chi connectivity index (χ0) is 26.4. The van der Waals surface area contributed by atoms with Crippen molar-refractivity contribution in [2.75, 3.05) is 14.1 Å². The van der Waals surface area contributed by atoms with E-state index in [0.717, 1.165) is 11.1 Å². The molecule has 4 atom stereocenters. The standard InChI is InChI=1S/C27H26N2O7.W.Y/c1-10-5-11(2)14-8-12-7-13-9-16-20(29(3)4)23(32)19(26(28)35)25(34)27(16,36)24(33)18(13)22(31)17(12)21(30)15(14)6-10;;/h6,13,16,20,30-31,34,36H,7,9H2,1-4H3,(H2,28,35);;/q-2;;/t13-,16-,20-,27-;;/m0../s1. The van der Waals surface area contributed by atoms with Crippen LogP contribution in [0.3, 0.4) is 0 Å². The van der Waals surface area contributed by atoms with E-state index in [0.29, 0.717) is 16.3 Å². The fourth-order valence-corrected chi connectivity index (χ4v) is 6.26. The van der Waals surface area contributed by atoms with Crippen LogP contribution in [0.25, 0.3) is 16.5 Å². The number of primary amides is 1. The van der Waals surface area contributed by atoms with E-state index in [-0.39, 0.29) is 83.5 Å². The second kappa shape index (κ2) is 10.3. The maximum absolute atomic E-state index is 13.8. The number of phenols is 1. The minimum atomic E-state index is -2.65. The van der Waals surface area contributed by atoms with Gasteiger partial charge in [0.1, 0.15) is 11.3 Å². The van der Waals surface area contributed by atoms with E-state index in [4.69, 9.17) is 5.73 Å². The van der Waals surface area contributed by atoms with Gasteiger partial charge in [0, 0.05) is 71.0 Å². The summed E-state index contributed by atoms with van der Waals surface area (Å²) in [5.74, 6) is -6.67. The second-order valence-electron chi connectivity index (χ2n) is 10.2. The summed E-state index contributed by atoms with van der Waals surface area (Å²) in [5, 5.41) is 46.0. The van der Waals surface area contributed by atoms with Crippen LogP contribution in [0.15, 0.2) is 23.0 Å². The molecule has 2 aromatic carbocycles. The first kappa shape index (κ1) is 30.6. The van der Waals surface area contributed by atoms with Crippen molar-refractivity contribution in [3.8, 4) is 5.75 Å². The van der Waals surface area contributed by atoms with Crippen LogP contribution in [0.2, 0.25) is 0 Å². The van der Waals surface area contributed by atoms with E-state index in [2.05, 4.69) is 12.1 Å². The Balaban J connectivity index is 0.00000200. The Labute approximate surface area is 258 Å². The van der Waals surface area contributed by atoms with Crippen molar-refractivity contribution in [3.63, 3.8) is 0 Å². The summed E-state index contributed by atoms with van der Waals surface area (Å²) in [6.07, 6.45) is 0.239. The SMILES string of the molecule is Cc1[c-]c(C)c2[c-]c3c(c(O)c2c1)C(O)=C1C(=O)[C@]2(O)C(O)=C(C(N)=O)C(=O)[C@@H](N(C)C)[C@@H]2C[C@@H]1C3.[W].[Y]. The van der Waals surface area contributed by atoms with E-state index in [1.807, 2.05) is 13.8 Å². The molecule has 38 heavy (non-hydrogen) atoms. The number of rotatable bonds is 2. The van der Waals surface area contributed by atoms with Gasteiger partial charge in [-0.3, -0.25) is 19.3 Å². The predicted molar refractivity (Wildman–Crippen MR) is 129 cm³/mol. The molecule has 0 unspecified atom stereocenters. The smallest absolute Gasteiger partial charge is 0.255 e. The molecule has 0 spiro atoms. The number of Topliss-reactive ketones (excluding diaryl/α,β-unsaturated/α-hetero) is 2. The number of likely N-dealkylation sites (N-methyl/N-ethyl adjacent to an activating group) is 1. The first-order chi connectivity index (χ1) is 16.8. The Morgan fingerprint density at radius 3 is 2.37 bits per heavy atom. The van der Waals surface area contributed by atoms with Crippen molar-refractivity contribution < 1.29 is 88.6 Å². The molecule has 6 N–H and O–H groups in total. The summed E-state index contributed by atoms with van der Waals surface area (Å²) >= 11 is 0. The number of nitrogens with two attached hydrogens (primary N) is 1. The van der Waals surface area contributed by atoms with Crippen molar-refractivity contribution in [1.29, 1.82) is 0 Å². The minimum absolute atomic E-state index is 0. The zero-order valence-electron chi connectivity index (χ0n) is 21.2. The number of fused-ring (bicyclic) bond motifs is 4. The van der Waals surface area contributed by atoms with Gasteiger partial charge < -0.3 is 26.2 Å². The number of aliphatic hydroxyl groups excluding tert-OH is 2. The van der Waals surface area contributed by atoms with Crippen molar-refractivity contribution in [1.82, 2.24) is 4.90 Å². The minimum Gasteiger partial charge on any atom is -0.528 e. The van der Waals surface area contributed by atoms with Crippen molar-refractivity contribution in [3.05, 3.63) is 57.4 Å². The summed E-state index contributed by atoms with van der Waals surface area (Å²) in [6, 6.07) is 7.03. The Morgan fingerprint density at radius 2 is 1.79 bits per heavy atom. The van der Waals surface area contributed by atoms with Gasteiger partial charge in [-0.15, -0.1) is 5.56 Å². The monoisotopic (exact) mass is 763 g/mol. The summed E-state index contributed by atoms with van der Waals surface area (Å²) < 4.78 is 0. The molecule has 11 heteroatoms. The molecule has 0 saturated heterocycles. The molecule has 3 aliphatic carbocycles. The molecule has 1 saturated carbocycles. The first-order valence-corrected chi connectivity index (χ1v) is 11.6. The molecule has 197 valence electrons. The van der Waals surface area contributed by atoms with Crippen LogP contribution >= 0.6 is 0 Å².